The second kappa shape index (κ2) is 7.02. The van der Waals surface area contributed by atoms with Gasteiger partial charge in [0, 0.05) is 55.5 Å². The molecule has 1 N–H and O–H groups in total. The fraction of sp³-hybridized carbons (Fsp3) is 0.381. The first kappa shape index (κ1) is 17.5. The van der Waals surface area contributed by atoms with Crippen LogP contribution < -0.4 is 24.4 Å². The second-order valence-corrected chi connectivity index (χ2v) is 6.94. The first-order valence-corrected chi connectivity index (χ1v) is 9.24. The van der Waals surface area contributed by atoms with Gasteiger partial charge in [-0.15, -0.1) is 0 Å². The molecule has 6 heteroatoms. The highest BCUT2D eigenvalue weighted by Gasteiger charge is 2.31. The molecule has 2 aliphatic rings. The summed E-state index contributed by atoms with van der Waals surface area (Å²) < 4.78 is 17.3. The molecule has 4 rings (SSSR count). The van der Waals surface area contributed by atoms with Crippen molar-refractivity contribution in [3.63, 3.8) is 0 Å². The maximum absolute atomic E-state index is 12.4. The Hall–Kier alpha value is -2.89. The minimum absolute atomic E-state index is 0.0108. The summed E-state index contributed by atoms with van der Waals surface area (Å²) in [4.78, 5) is 14.4. The predicted octanol–water partition coefficient (Wildman–Crippen LogP) is 3.40. The molecular weight excluding hydrogens is 344 g/mol. The Bertz CT molecular complexity index is 879. The number of fused-ring (bicyclic) bond motifs is 2. The molecule has 1 amide bonds. The molecule has 27 heavy (non-hydrogen) atoms. The summed E-state index contributed by atoms with van der Waals surface area (Å²) in [7, 11) is 4.00. The molecule has 2 aliphatic heterocycles. The Labute approximate surface area is 159 Å². The van der Waals surface area contributed by atoms with Crippen LogP contribution in [0.4, 0.5) is 11.4 Å². The predicted molar refractivity (Wildman–Crippen MR) is 104 cm³/mol. The van der Waals surface area contributed by atoms with Crippen LogP contribution in [0.2, 0.25) is 0 Å². The van der Waals surface area contributed by atoms with E-state index in [1.807, 2.05) is 44.1 Å². The fourth-order valence-corrected chi connectivity index (χ4v) is 3.64. The molecule has 0 bridgehead atoms. The Morgan fingerprint density at radius 3 is 2.56 bits per heavy atom. The van der Waals surface area contributed by atoms with E-state index in [1.54, 1.807) is 0 Å². The van der Waals surface area contributed by atoms with Gasteiger partial charge in [-0.05, 0) is 24.6 Å². The number of benzene rings is 2. The van der Waals surface area contributed by atoms with Gasteiger partial charge in [-0.3, -0.25) is 4.79 Å². The van der Waals surface area contributed by atoms with Crippen molar-refractivity contribution in [1.29, 1.82) is 0 Å². The van der Waals surface area contributed by atoms with Gasteiger partial charge in [0.25, 0.3) is 0 Å². The number of nitrogens with one attached hydrogen (secondary N) is 1. The van der Waals surface area contributed by atoms with Crippen molar-refractivity contribution < 1.29 is 19.0 Å². The highest BCUT2D eigenvalue weighted by Crippen LogP contribution is 2.46. The monoisotopic (exact) mass is 368 g/mol. The molecule has 0 fully saturated rings. The van der Waals surface area contributed by atoms with Gasteiger partial charge in [-0.1, -0.05) is 6.07 Å². The zero-order chi connectivity index (χ0) is 19.0. The van der Waals surface area contributed by atoms with E-state index >= 15 is 0 Å². The molecule has 0 unspecified atom stereocenters. The van der Waals surface area contributed by atoms with Gasteiger partial charge in [-0.25, -0.2) is 0 Å². The summed E-state index contributed by atoms with van der Waals surface area (Å²) in [5, 5.41) is 2.97. The normalized spacial score (nSPS) is 17.7. The van der Waals surface area contributed by atoms with E-state index in [0.29, 0.717) is 32.0 Å². The smallest absolute Gasteiger partial charge is 0.225 e. The average Bonchev–Trinajstić information content (AvgIpc) is 2.66. The SMILES string of the molecule is CCOc1cc(N(C)C)ccc1[C@H]1CC(=O)Nc2cc3c(cc21)OCCO3. The van der Waals surface area contributed by atoms with Crippen LogP contribution in [0.1, 0.15) is 30.4 Å². The van der Waals surface area contributed by atoms with E-state index in [1.165, 1.54) is 0 Å². The molecule has 142 valence electrons. The molecule has 6 nitrogen and oxygen atoms in total. The lowest BCUT2D eigenvalue weighted by atomic mass is 9.84. The molecule has 2 heterocycles. The average molecular weight is 368 g/mol. The van der Waals surface area contributed by atoms with Crippen LogP contribution in [0.3, 0.4) is 0 Å². The lowest BCUT2D eigenvalue weighted by molar-refractivity contribution is -0.116. The number of rotatable bonds is 4. The topological polar surface area (TPSA) is 60.0 Å². The third-order valence-electron chi connectivity index (χ3n) is 4.94. The Morgan fingerprint density at radius 1 is 1.11 bits per heavy atom. The number of amides is 1. The summed E-state index contributed by atoms with van der Waals surface area (Å²) in [5.41, 5.74) is 3.87. The van der Waals surface area contributed by atoms with Crippen LogP contribution in [0.25, 0.3) is 0 Å². The summed E-state index contributed by atoms with van der Waals surface area (Å²) in [6.45, 7) is 3.58. The number of hydrogen-bond acceptors (Lipinski definition) is 5. The zero-order valence-electron chi connectivity index (χ0n) is 15.9. The molecule has 0 radical (unpaired) electrons. The number of carbonyl (C=O) groups excluding carboxylic acids is 1. The number of ether oxygens (including phenoxy) is 3. The third kappa shape index (κ3) is 3.27. The highest BCUT2D eigenvalue weighted by atomic mass is 16.6. The van der Waals surface area contributed by atoms with Crippen molar-refractivity contribution in [1.82, 2.24) is 0 Å². The van der Waals surface area contributed by atoms with E-state index in [9.17, 15) is 4.79 Å². The van der Waals surface area contributed by atoms with Gasteiger partial charge in [0.1, 0.15) is 19.0 Å². The van der Waals surface area contributed by atoms with Crippen LogP contribution in [0.15, 0.2) is 30.3 Å². The van der Waals surface area contributed by atoms with E-state index in [-0.39, 0.29) is 11.8 Å². The van der Waals surface area contributed by atoms with Gasteiger partial charge < -0.3 is 24.4 Å². The van der Waals surface area contributed by atoms with E-state index in [2.05, 4.69) is 17.4 Å². The minimum atomic E-state index is -0.0951. The summed E-state index contributed by atoms with van der Waals surface area (Å²) >= 11 is 0. The van der Waals surface area contributed by atoms with E-state index in [4.69, 9.17) is 14.2 Å². The van der Waals surface area contributed by atoms with Crippen molar-refractivity contribution >= 4 is 17.3 Å². The van der Waals surface area contributed by atoms with Gasteiger partial charge in [0.2, 0.25) is 5.91 Å². The number of carbonyl (C=O) groups is 1. The van der Waals surface area contributed by atoms with Crippen molar-refractivity contribution in [3.05, 3.63) is 41.5 Å². The van der Waals surface area contributed by atoms with Crippen molar-refractivity contribution in [2.75, 3.05) is 44.1 Å². The molecule has 2 aromatic carbocycles. The van der Waals surface area contributed by atoms with Gasteiger partial charge in [0.05, 0.1) is 6.61 Å². The molecule has 0 spiro atoms. The molecule has 0 saturated heterocycles. The van der Waals surface area contributed by atoms with E-state index < -0.39 is 0 Å². The Kier molecular flexibility index (Phi) is 4.56. The summed E-state index contributed by atoms with van der Waals surface area (Å²) in [6.07, 6.45) is 0.369. The molecule has 1 atom stereocenters. The maximum atomic E-state index is 12.4. The molecule has 0 saturated carbocycles. The van der Waals surface area contributed by atoms with Crippen molar-refractivity contribution in [2.24, 2.45) is 0 Å². The van der Waals surface area contributed by atoms with Crippen LogP contribution in [0.5, 0.6) is 17.2 Å². The Balaban J connectivity index is 1.82. The lowest BCUT2D eigenvalue weighted by Gasteiger charge is -2.30. The fourth-order valence-electron chi connectivity index (χ4n) is 3.64. The van der Waals surface area contributed by atoms with Gasteiger partial charge in [-0.2, -0.15) is 0 Å². The molecule has 0 aromatic heterocycles. The first-order valence-electron chi connectivity index (χ1n) is 9.24. The van der Waals surface area contributed by atoms with Crippen LogP contribution in [0, 0.1) is 0 Å². The third-order valence-corrected chi connectivity index (χ3v) is 4.94. The Morgan fingerprint density at radius 2 is 1.85 bits per heavy atom. The lowest BCUT2D eigenvalue weighted by Crippen LogP contribution is -2.25. The van der Waals surface area contributed by atoms with E-state index in [0.717, 1.165) is 34.0 Å². The van der Waals surface area contributed by atoms with Gasteiger partial charge >= 0.3 is 0 Å². The van der Waals surface area contributed by atoms with Gasteiger partial charge in [0.15, 0.2) is 11.5 Å². The zero-order valence-corrected chi connectivity index (χ0v) is 15.9. The largest absolute Gasteiger partial charge is 0.493 e. The minimum Gasteiger partial charge on any atom is -0.493 e. The van der Waals surface area contributed by atoms with Crippen molar-refractivity contribution in [2.45, 2.75) is 19.3 Å². The number of hydrogen-bond donors (Lipinski definition) is 1. The first-order chi connectivity index (χ1) is 13.1. The summed E-state index contributed by atoms with van der Waals surface area (Å²) in [6, 6.07) is 10.0. The highest BCUT2D eigenvalue weighted by molar-refractivity contribution is 5.96. The molecule has 0 aliphatic carbocycles. The van der Waals surface area contributed by atoms with Crippen molar-refractivity contribution in [3.8, 4) is 17.2 Å². The summed E-state index contributed by atoms with van der Waals surface area (Å²) in [5.74, 6) is 2.10. The van der Waals surface area contributed by atoms with Crippen LogP contribution in [-0.2, 0) is 4.79 Å². The number of nitrogens with zero attached hydrogens (tertiary/aromatic N) is 1. The quantitative estimate of drug-likeness (QED) is 0.896. The number of anilines is 2. The maximum Gasteiger partial charge on any atom is 0.225 e. The second-order valence-electron chi connectivity index (χ2n) is 6.94. The molecule has 2 aromatic rings. The van der Waals surface area contributed by atoms with Crippen LogP contribution >= 0.6 is 0 Å². The standard InChI is InChI=1S/C21H24N2O4/c1-4-25-18-9-13(23(2)3)5-6-14(18)15-11-21(24)22-17-12-20-19(10-16(15)17)26-7-8-27-20/h5-6,9-10,12,15H,4,7-8,11H2,1-3H3,(H,22,24)/t15-/m1/s1. The molecular formula is C21H24N2O4. The van der Waals surface area contributed by atoms with Crippen LogP contribution in [-0.4, -0.2) is 39.8 Å².